The third-order valence-corrected chi connectivity index (χ3v) is 4.13. The van der Waals surface area contributed by atoms with Gasteiger partial charge in [0.15, 0.2) is 0 Å². The van der Waals surface area contributed by atoms with Gasteiger partial charge in [-0.25, -0.2) is 4.79 Å². The van der Waals surface area contributed by atoms with E-state index in [1.807, 2.05) is 44.8 Å². The highest BCUT2D eigenvalue weighted by molar-refractivity contribution is 5.67. The SMILES string of the molecule is Cn1ccc(CNC2CCCCC2CNC(=O)OC(C)(C)C)n1. The lowest BCUT2D eigenvalue weighted by atomic mass is 9.84. The molecular weight excluding hydrogens is 292 g/mol. The largest absolute Gasteiger partial charge is 0.444 e. The molecule has 1 aliphatic rings. The van der Waals surface area contributed by atoms with Crippen molar-refractivity contribution in [3.63, 3.8) is 0 Å². The molecule has 2 unspecified atom stereocenters. The summed E-state index contributed by atoms with van der Waals surface area (Å²) in [6.45, 7) is 7.07. The molecule has 6 heteroatoms. The first kappa shape index (κ1) is 17.8. The molecule has 6 nitrogen and oxygen atoms in total. The fourth-order valence-corrected chi connectivity index (χ4v) is 3.04. The molecule has 0 bridgehead atoms. The Labute approximate surface area is 139 Å². The fourth-order valence-electron chi connectivity index (χ4n) is 3.04. The normalized spacial score (nSPS) is 21.9. The maximum atomic E-state index is 11.8. The van der Waals surface area contributed by atoms with Crippen molar-refractivity contribution in [3.05, 3.63) is 18.0 Å². The van der Waals surface area contributed by atoms with Crippen molar-refractivity contribution >= 4 is 6.09 Å². The maximum Gasteiger partial charge on any atom is 0.407 e. The molecule has 0 aromatic carbocycles. The summed E-state index contributed by atoms with van der Waals surface area (Å²) >= 11 is 0. The molecule has 2 atom stereocenters. The quantitative estimate of drug-likeness (QED) is 0.874. The van der Waals surface area contributed by atoms with E-state index in [2.05, 4.69) is 15.7 Å². The van der Waals surface area contributed by atoms with Crippen LogP contribution in [0.15, 0.2) is 12.3 Å². The highest BCUT2D eigenvalue weighted by Gasteiger charge is 2.26. The molecule has 130 valence electrons. The van der Waals surface area contributed by atoms with Gasteiger partial charge in [0.1, 0.15) is 5.60 Å². The molecular formula is C17H30N4O2. The van der Waals surface area contributed by atoms with Gasteiger partial charge in [-0.15, -0.1) is 0 Å². The molecule has 1 amide bonds. The van der Waals surface area contributed by atoms with Crippen LogP contribution in [0.2, 0.25) is 0 Å². The molecule has 1 aromatic heterocycles. The summed E-state index contributed by atoms with van der Waals surface area (Å²) in [6, 6.07) is 2.45. The Morgan fingerprint density at radius 2 is 2.13 bits per heavy atom. The van der Waals surface area contributed by atoms with Crippen molar-refractivity contribution in [3.8, 4) is 0 Å². The average Bonchev–Trinajstić information content (AvgIpc) is 2.87. The van der Waals surface area contributed by atoms with Gasteiger partial charge in [0.05, 0.1) is 5.69 Å². The number of nitrogens with zero attached hydrogens (tertiary/aromatic N) is 2. The van der Waals surface area contributed by atoms with Crippen molar-refractivity contribution in [2.24, 2.45) is 13.0 Å². The third kappa shape index (κ3) is 6.22. The second-order valence-electron chi connectivity index (χ2n) is 7.40. The molecule has 2 rings (SSSR count). The van der Waals surface area contributed by atoms with E-state index in [-0.39, 0.29) is 6.09 Å². The lowest BCUT2D eigenvalue weighted by molar-refractivity contribution is 0.0510. The number of aryl methyl sites for hydroxylation is 1. The van der Waals surface area contributed by atoms with E-state index in [9.17, 15) is 4.79 Å². The van der Waals surface area contributed by atoms with Crippen LogP contribution in [0.1, 0.15) is 52.1 Å². The monoisotopic (exact) mass is 322 g/mol. The van der Waals surface area contributed by atoms with Gasteiger partial charge in [0.2, 0.25) is 0 Å². The molecule has 0 aliphatic heterocycles. The Morgan fingerprint density at radius 1 is 1.39 bits per heavy atom. The number of nitrogens with one attached hydrogen (secondary N) is 2. The minimum absolute atomic E-state index is 0.327. The molecule has 1 aromatic rings. The second kappa shape index (κ2) is 7.81. The molecule has 0 saturated heterocycles. The van der Waals surface area contributed by atoms with Crippen LogP contribution in [-0.4, -0.2) is 34.1 Å². The van der Waals surface area contributed by atoms with Crippen LogP contribution in [-0.2, 0) is 18.3 Å². The van der Waals surface area contributed by atoms with Gasteiger partial charge < -0.3 is 15.4 Å². The first-order chi connectivity index (χ1) is 10.8. The lowest BCUT2D eigenvalue weighted by Crippen LogP contribution is -2.44. The molecule has 1 heterocycles. The summed E-state index contributed by atoms with van der Waals surface area (Å²) in [5.74, 6) is 0.444. The molecule has 23 heavy (non-hydrogen) atoms. The number of amides is 1. The van der Waals surface area contributed by atoms with Gasteiger partial charge >= 0.3 is 6.09 Å². The van der Waals surface area contributed by atoms with Crippen LogP contribution in [0.4, 0.5) is 4.79 Å². The molecule has 0 radical (unpaired) electrons. The number of carbonyl (C=O) groups excluding carboxylic acids is 1. The van der Waals surface area contributed by atoms with Gasteiger partial charge in [0, 0.05) is 32.4 Å². The highest BCUT2D eigenvalue weighted by atomic mass is 16.6. The van der Waals surface area contributed by atoms with E-state index in [0.29, 0.717) is 18.5 Å². The molecule has 1 fully saturated rings. The number of rotatable bonds is 5. The summed E-state index contributed by atoms with van der Waals surface area (Å²) in [5.41, 5.74) is 0.602. The maximum absolute atomic E-state index is 11.8. The van der Waals surface area contributed by atoms with Crippen molar-refractivity contribution in [2.75, 3.05) is 6.54 Å². The van der Waals surface area contributed by atoms with Crippen LogP contribution in [0.25, 0.3) is 0 Å². The topological polar surface area (TPSA) is 68.2 Å². The van der Waals surface area contributed by atoms with Gasteiger partial charge in [-0.3, -0.25) is 4.68 Å². The first-order valence-corrected chi connectivity index (χ1v) is 8.52. The number of ether oxygens (including phenoxy) is 1. The van der Waals surface area contributed by atoms with E-state index in [1.165, 1.54) is 12.8 Å². The number of hydrogen-bond donors (Lipinski definition) is 2. The number of carbonyl (C=O) groups is 1. The van der Waals surface area contributed by atoms with Crippen LogP contribution in [0, 0.1) is 5.92 Å². The molecule has 2 N–H and O–H groups in total. The number of hydrogen-bond acceptors (Lipinski definition) is 4. The smallest absolute Gasteiger partial charge is 0.407 e. The average molecular weight is 322 g/mol. The minimum atomic E-state index is -0.451. The Hall–Kier alpha value is -1.56. The van der Waals surface area contributed by atoms with Crippen molar-refractivity contribution in [2.45, 2.75) is 64.6 Å². The number of alkyl carbamates (subject to hydrolysis) is 1. The Kier molecular flexibility index (Phi) is 6.04. The van der Waals surface area contributed by atoms with E-state index in [1.54, 1.807) is 0 Å². The van der Waals surface area contributed by atoms with Gasteiger partial charge in [-0.05, 0) is 45.6 Å². The Morgan fingerprint density at radius 3 is 2.78 bits per heavy atom. The Bertz CT molecular complexity index is 507. The first-order valence-electron chi connectivity index (χ1n) is 8.52. The van der Waals surface area contributed by atoms with E-state index < -0.39 is 5.60 Å². The standard InChI is InChI=1S/C17H30N4O2/c1-17(2,3)23-16(22)19-11-13-7-5-6-8-15(13)18-12-14-9-10-21(4)20-14/h9-10,13,15,18H,5-8,11-12H2,1-4H3,(H,19,22). The van der Waals surface area contributed by atoms with Crippen molar-refractivity contribution in [1.29, 1.82) is 0 Å². The summed E-state index contributed by atoms with van der Waals surface area (Å²) in [5, 5.41) is 10.9. The van der Waals surface area contributed by atoms with Gasteiger partial charge in [-0.2, -0.15) is 5.10 Å². The highest BCUT2D eigenvalue weighted by Crippen LogP contribution is 2.24. The molecule has 1 aliphatic carbocycles. The second-order valence-corrected chi connectivity index (χ2v) is 7.40. The van der Waals surface area contributed by atoms with Gasteiger partial charge in [0.25, 0.3) is 0 Å². The van der Waals surface area contributed by atoms with Crippen LogP contribution in [0.3, 0.4) is 0 Å². The molecule has 0 spiro atoms. The zero-order valence-electron chi connectivity index (χ0n) is 14.8. The van der Waals surface area contributed by atoms with E-state index in [4.69, 9.17) is 4.74 Å². The van der Waals surface area contributed by atoms with Gasteiger partial charge in [-0.1, -0.05) is 12.8 Å². The van der Waals surface area contributed by atoms with E-state index >= 15 is 0 Å². The summed E-state index contributed by atoms with van der Waals surface area (Å²) in [6.07, 6.45) is 6.37. The van der Waals surface area contributed by atoms with E-state index in [0.717, 1.165) is 25.1 Å². The van der Waals surface area contributed by atoms with Crippen LogP contribution in [0.5, 0.6) is 0 Å². The predicted molar refractivity (Wildman–Crippen MR) is 90.0 cm³/mol. The predicted octanol–water partition coefficient (Wildman–Crippen LogP) is 2.59. The third-order valence-electron chi connectivity index (χ3n) is 4.13. The zero-order valence-corrected chi connectivity index (χ0v) is 14.8. The van der Waals surface area contributed by atoms with Crippen LogP contribution < -0.4 is 10.6 Å². The lowest BCUT2D eigenvalue weighted by Gasteiger charge is -2.32. The van der Waals surface area contributed by atoms with Crippen molar-refractivity contribution < 1.29 is 9.53 Å². The summed E-state index contributed by atoms with van der Waals surface area (Å²) < 4.78 is 7.13. The summed E-state index contributed by atoms with van der Waals surface area (Å²) in [7, 11) is 1.93. The minimum Gasteiger partial charge on any atom is -0.444 e. The zero-order chi connectivity index (χ0) is 16.9. The fraction of sp³-hybridized carbons (Fsp3) is 0.765. The van der Waals surface area contributed by atoms with Crippen molar-refractivity contribution in [1.82, 2.24) is 20.4 Å². The molecule has 1 saturated carbocycles. The van der Waals surface area contributed by atoms with Crippen LogP contribution >= 0.6 is 0 Å². The summed E-state index contributed by atoms with van der Waals surface area (Å²) in [4.78, 5) is 11.8. The number of aromatic nitrogens is 2. The Balaban J connectivity index is 1.79.